The number of carbonyl (C=O) groups excluding carboxylic acids is 1. The van der Waals surface area contributed by atoms with Crippen LogP contribution in [-0.4, -0.2) is 10.9 Å². The lowest BCUT2D eigenvalue weighted by Crippen LogP contribution is -2.10. The SMILES string of the molecule is O=C(Nc1ccc(Br)nc1)c1cc2c(s1)CCC2. The quantitative estimate of drug-likeness (QED) is 0.857. The molecule has 1 aliphatic rings. The average Bonchev–Trinajstić information content (AvgIpc) is 2.92. The number of nitrogens with zero attached hydrogens (tertiary/aromatic N) is 1. The first-order valence-corrected chi connectivity index (χ1v) is 7.38. The summed E-state index contributed by atoms with van der Waals surface area (Å²) in [7, 11) is 0. The number of aromatic nitrogens is 1. The fourth-order valence-electron chi connectivity index (χ4n) is 2.08. The number of fused-ring (bicyclic) bond motifs is 1. The molecule has 0 bridgehead atoms. The zero-order valence-electron chi connectivity index (χ0n) is 9.57. The maximum Gasteiger partial charge on any atom is 0.265 e. The molecule has 2 aromatic heterocycles. The molecule has 0 saturated carbocycles. The minimum Gasteiger partial charge on any atom is -0.320 e. The van der Waals surface area contributed by atoms with Crippen molar-refractivity contribution in [3.05, 3.63) is 44.3 Å². The fourth-order valence-corrected chi connectivity index (χ4v) is 3.47. The van der Waals surface area contributed by atoms with Crippen LogP contribution < -0.4 is 5.32 Å². The Morgan fingerprint density at radius 2 is 2.28 bits per heavy atom. The van der Waals surface area contributed by atoms with E-state index in [1.807, 2.05) is 18.2 Å². The Labute approximate surface area is 117 Å². The van der Waals surface area contributed by atoms with E-state index in [1.54, 1.807) is 17.5 Å². The molecule has 2 aromatic rings. The van der Waals surface area contributed by atoms with E-state index in [2.05, 4.69) is 26.2 Å². The summed E-state index contributed by atoms with van der Waals surface area (Å²) >= 11 is 4.88. The molecule has 1 aliphatic carbocycles. The van der Waals surface area contributed by atoms with Gasteiger partial charge in [0.25, 0.3) is 5.91 Å². The van der Waals surface area contributed by atoms with Crippen molar-refractivity contribution in [2.45, 2.75) is 19.3 Å². The molecule has 0 saturated heterocycles. The van der Waals surface area contributed by atoms with Crippen LogP contribution in [-0.2, 0) is 12.8 Å². The van der Waals surface area contributed by atoms with Crippen LogP contribution in [0.1, 0.15) is 26.5 Å². The Balaban J connectivity index is 1.76. The molecule has 2 heterocycles. The number of halogens is 1. The molecule has 18 heavy (non-hydrogen) atoms. The predicted octanol–water partition coefficient (Wildman–Crippen LogP) is 3.65. The lowest BCUT2D eigenvalue weighted by atomic mass is 10.2. The first-order chi connectivity index (χ1) is 8.72. The van der Waals surface area contributed by atoms with Crippen LogP contribution in [0, 0.1) is 0 Å². The molecule has 5 heteroatoms. The van der Waals surface area contributed by atoms with Crippen LogP contribution >= 0.6 is 27.3 Å². The number of pyridine rings is 1. The summed E-state index contributed by atoms with van der Waals surface area (Å²) < 4.78 is 0.760. The van der Waals surface area contributed by atoms with Crippen molar-refractivity contribution in [1.82, 2.24) is 4.98 Å². The van der Waals surface area contributed by atoms with Gasteiger partial charge in [0.2, 0.25) is 0 Å². The number of amides is 1. The van der Waals surface area contributed by atoms with Crippen molar-refractivity contribution in [2.75, 3.05) is 5.32 Å². The summed E-state index contributed by atoms with van der Waals surface area (Å²) in [6.45, 7) is 0. The number of hydrogen-bond donors (Lipinski definition) is 1. The Bertz CT molecular complexity index is 570. The molecule has 0 aromatic carbocycles. The fraction of sp³-hybridized carbons (Fsp3) is 0.231. The Kier molecular flexibility index (Phi) is 3.18. The van der Waals surface area contributed by atoms with Gasteiger partial charge in [-0.1, -0.05) is 0 Å². The second-order valence-electron chi connectivity index (χ2n) is 4.24. The zero-order chi connectivity index (χ0) is 12.5. The summed E-state index contributed by atoms with van der Waals surface area (Å²) in [5.41, 5.74) is 2.07. The lowest BCUT2D eigenvalue weighted by Gasteiger charge is -2.02. The molecule has 3 rings (SSSR count). The van der Waals surface area contributed by atoms with E-state index in [1.165, 1.54) is 16.9 Å². The van der Waals surface area contributed by atoms with Crippen molar-refractivity contribution < 1.29 is 4.79 Å². The minimum atomic E-state index is -0.0430. The number of aryl methyl sites for hydroxylation is 2. The molecule has 1 N–H and O–H groups in total. The van der Waals surface area contributed by atoms with Gasteiger partial charge in [0.05, 0.1) is 16.8 Å². The third-order valence-electron chi connectivity index (χ3n) is 2.96. The van der Waals surface area contributed by atoms with Crippen LogP contribution in [0.3, 0.4) is 0 Å². The highest BCUT2D eigenvalue weighted by atomic mass is 79.9. The summed E-state index contributed by atoms with van der Waals surface area (Å²) in [6, 6.07) is 5.66. The van der Waals surface area contributed by atoms with E-state index >= 15 is 0 Å². The Morgan fingerprint density at radius 1 is 1.39 bits per heavy atom. The number of thiophene rings is 1. The number of anilines is 1. The van der Waals surface area contributed by atoms with Gasteiger partial charge in [-0.25, -0.2) is 4.98 Å². The van der Waals surface area contributed by atoms with E-state index in [4.69, 9.17) is 0 Å². The van der Waals surface area contributed by atoms with Gasteiger partial charge in [-0.3, -0.25) is 4.79 Å². The number of hydrogen-bond acceptors (Lipinski definition) is 3. The van der Waals surface area contributed by atoms with Crippen molar-refractivity contribution in [2.24, 2.45) is 0 Å². The molecule has 0 spiro atoms. The molecule has 0 unspecified atom stereocenters. The Hall–Kier alpha value is -1.20. The van der Waals surface area contributed by atoms with Gasteiger partial charge in [-0.15, -0.1) is 11.3 Å². The minimum absolute atomic E-state index is 0.0430. The average molecular weight is 323 g/mol. The summed E-state index contributed by atoms with van der Waals surface area (Å²) in [4.78, 5) is 18.3. The van der Waals surface area contributed by atoms with Gasteiger partial charge >= 0.3 is 0 Å². The summed E-state index contributed by atoms with van der Waals surface area (Å²) in [5.74, 6) is -0.0430. The third kappa shape index (κ3) is 2.33. The Morgan fingerprint density at radius 3 is 3.00 bits per heavy atom. The molecular weight excluding hydrogens is 312 g/mol. The zero-order valence-corrected chi connectivity index (χ0v) is 12.0. The number of carbonyl (C=O) groups is 1. The summed E-state index contributed by atoms with van der Waals surface area (Å²) in [6.07, 6.45) is 5.09. The van der Waals surface area contributed by atoms with E-state index in [0.29, 0.717) is 0 Å². The lowest BCUT2D eigenvalue weighted by molar-refractivity contribution is 0.103. The van der Waals surface area contributed by atoms with Gasteiger partial charge in [-0.05, 0) is 59.0 Å². The van der Waals surface area contributed by atoms with Gasteiger partial charge < -0.3 is 5.32 Å². The largest absolute Gasteiger partial charge is 0.320 e. The van der Waals surface area contributed by atoms with Crippen molar-refractivity contribution in [3.63, 3.8) is 0 Å². The van der Waals surface area contributed by atoms with E-state index < -0.39 is 0 Å². The van der Waals surface area contributed by atoms with Crippen molar-refractivity contribution in [3.8, 4) is 0 Å². The maximum atomic E-state index is 12.1. The molecular formula is C13H11BrN2OS. The molecule has 0 aliphatic heterocycles. The van der Waals surface area contributed by atoms with E-state index in [9.17, 15) is 4.79 Å². The topological polar surface area (TPSA) is 42.0 Å². The van der Waals surface area contributed by atoms with Crippen LogP contribution in [0.25, 0.3) is 0 Å². The standard InChI is InChI=1S/C13H11BrN2OS/c14-12-5-4-9(7-15-12)16-13(17)11-6-8-2-1-3-10(8)18-11/h4-7H,1-3H2,(H,16,17). The first-order valence-electron chi connectivity index (χ1n) is 5.77. The molecule has 0 radical (unpaired) electrons. The normalized spacial score (nSPS) is 13.4. The first kappa shape index (κ1) is 11.9. The smallest absolute Gasteiger partial charge is 0.265 e. The second-order valence-corrected chi connectivity index (χ2v) is 6.19. The molecule has 92 valence electrons. The maximum absolute atomic E-state index is 12.1. The van der Waals surface area contributed by atoms with Gasteiger partial charge in [0.15, 0.2) is 0 Å². The van der Waals surface area contributed by atoms with Crippen molar-refractivity contribution >= 4 is 38.9 Å². The summed E-state index contributed by atoms with van der Waals surface area (Å²) in [5, 5.41) is 2.86. The van der Waals surface area contributed by atoms with Crippen LogP contribution in [0.15, 0.2) is 29.0 Å². The predicted molar refractivity (Wildman–Crippen MR) is 76.2 cm³/mol. The van der Waals surface area contributed by atoms with Crippen LogP contribution in [0.4, 0.5) is 5.69 Å². The highest BCUT2D eigenvalue weighted by molar-refractivity contribution is 9.10. The number of nitrogens with one attached hydrogen (secondary N) is 1. The number of rotatable bonds is 2. The monoisotopic (exact) mass is 322 g/mol. The molecule has 0 fully saturated rings. The third-order valence-corrected chi connectivity index (χ3v) is 4.66. The van der Waals surface area contributed by atoms with Gasteiger partial charge in [0.1, 0.15) is 4.60 Å². The highest BCUT2D eigenvalue weighted by Crippen LogP contribution is 2.30. The molecule has 3 nitrogen and oxygen atoms in total. The van der Waals surface area contributed by atoms with Crippen LogP contribution in [0.2, 0.25) is 0 Å². The van der Waals surface area contributed by atoms with Crippen molar-refractivity contribution in [1.29, 1.82) is 0 Å². The highest BCUT2D eigenvalue weighted by Gasteiger charge is 2.18. The van der Waals surface area contributed by atoms with Crippen LogP contribution in [0.5, 0.6) is 0 Å². The second kappa shape index (κ2) is 4.82. The molecule has 0 atom stereocenters. The van der Waals surface area contributed by atoms with E-state index in [0.717, 1.165) is 28.0 Å². The van der Waals surface area contributed by atoms with E-state index in [-0.39, 0.29) is 5.91 Å². The van der Waals surface area contributed by atoms with Gasteiger partial charge in [-0.2, -0.15) is 0 Å². The molecule has 1 amide bonds. The van der Waals surface area contributed by atoms with Gasteiger partial charge in [0, 0.05) is 4.88 Å².